The Kier molecular flexibility index (Phi) is 4.92. The molecule has 5 heteroatoms. The molecule has 0 radical (unpaired) electrons. The standard InChI is InChI=1S/C19H23NO4/c1-19(2,12-21)20-10-14-3-6-16(7-4-14)22-11-15-5-8-17-18(9-15)24-13-23-17/h3-9,20-21H,10-13H2,1-2H3. The molecule has 0 unspecified atom stereocenters. The summed E-state index contributed by atoms with van der Waals surface area (Å²) >= 11 is 0. The minimum absolute atomic E-state index is 0.101. The van der Waals surface area contributed by atoms with E-state index >= 15 is 0 Å². The molecule has 0 bridgehead atoms. The van der Waals surface area contributed by atoms with E-state index in [9.17, 15) is 5.11 Å². The lowest BCUT2D eigenvalue weighted by Gasteiger charge is -2.23. The molecule has 0 fully saturated rings. The van der Waals surface area contributed by atoms with Crippen molar-refractivity contribution < 1.29 is 19.3 Å². The number of fused-ring (bicyclic) bond motifs is 1. The van der Waals surface area contributed by atoms with E-state index in [1.54, 1.807) is 0 Å². The smallest absolute Gasteiger partial charge is 0.231 e. The van der Waals surface area contributed by atoms with E-state index in [1.165, 1.54) is 0 Å². The topological polar surface area (TPSA) is 60.0 Å². The van der Waals surface area contributed by atoms with E-state index in [0.29, 0.717) is 13.2 Å². The van der Waals surface area contributed by atoms with E-state index in [-0.39, 0.29) is 18.9 Å². The van der Waals surface area contributed by atoms with E-state index in [0.717, 1.165) is 28.4 Å². The van der Waals surface area contributed by atoms with Crippen molar-refractivity contribution in [1.82, 2.24) is 5.32 Å². The Bertz CT molecular complexity index is 682. The zero-order chi connectivity index (χ0) is 17.0. The minimum Gasteiger partial charge on any atom is -0.489 e. The maximum atomic E-state index is 9.25. The predicted molar refractivity (Wildman–Crippen MR) is 91.3 cm³/mol. The van der Waals surface area contributed by atoms with Crippen LogP contribution in [0.15, 0.2) is 42.5 Å². The highest BCUT2D eigenvalue weighted by molar-refractivity contribution is 5.44. The number of nitrogens with one attached hydrogen (secondary N) is 1. The fourth-order valence-electron chi connectivity index (χ4n) is 2.30. The van der Waals surface area contributed by atoms with Gasteiger partial charge in [0.25, 0.3) is 0 Å². The molecular weight excluding hydrogens is 306 g/mol. The Morgan fingerprint density at radius 1 is 1.04 bits per heavy atom. The summed E-state index contributed by atoms with van der Waals surface area (Å²) in [6.07, 6.45) is 0. The van der Waals surface area contributed by atoms with Crippen LogP contribution in [0.2, 0.25) is 0 Å². The molecule has 2 aromatic rings. The van der Waals surface area contributed by atoms with Gasteiger partial charge in [-0.3, -0.25) is 0 Å². The highest BCUT2D eigenvalue weighted by atomic mass is 16.7. The van der Waals surface area contributed by atoms with Gasteiger partial charge in [-0.2, -0.15) is 0 Å². The Morgan fingerprint density at radius 3 is 2.50 bits per heavy atom. The van der Waals surface area contributed by atoms with E-state index < -0.39 is 0 Å². The first-order valence-electron chi connectivity index (χ1n) is 8.02. The second kappa shape index (κ2) is 7.11. The zero-order valence-electron chi connectivity index (χ0n) is 14.0. The number of hydrogen-bond donors (Lipinski definition) is 2. The van der Waals surface area contributed by atoms with Crippen LogP contribution in [0.4, 0.5) is 0 Å². The lowest BCUT2D eigenvalue weighted by Crippen LogP contribution is -2.42. The molecule has 5 nitrogen and oxygen atoms in total. The van der Waals surface area contributed by atoms with Gasteiger partial charge in [0.2, 0.25) is 6.79 Å². The van der Waals surface area contributed by atoms with Gasteiger partial charge in [-0.25, -0.2) is 0 Å². The van der Waals surface area contributed by atoms with Crippen molar-refractivity contribution in [2.24, 2.45) is 0 Å². The molecule has 0 atom stereocenters. The molecule has 0 amide bonds. The first kappa shape index (κ1) is 16.6. The number of aliphatic hydroxyl groups is 1. The summed E-state index contributed by atoms with van der Waals surface area (Å²) in [4.78, 5) is 0. The second-order valence-corrected chi connectivity index (χ2v) is 6.52. The van der Waals surface area contributed by atoms with Crippen LogP contribution in [-0.2, 0) is 13.2 Å². The molecule has 1 aliphatic heterocycles. The molecule has 24 heavy (non-hydrogen) atoms. The summed E-state index contributed by atoms with van der Waals surface area (Å²) in [5.41, 5.74) is 1.90. The molecule has 0 saturated heterocycles. The van der Waals surface area contributed by atoms with Crippen LogP contribution < -0.4 is 19.5 Å². The molecule has 3 rings (SSSR count). The van der Waals surface area contributed by atoms with Crippen LogP contribution >= 0.6 is 0 Å². The average Bonchev–Trinajstić information content (AvgIpc) is 3.07. The van der Waals surface area contributed by atoms with Crippen molar-refractivity contribution in [2.45, 2.75) is 32.5 Å². The van der Waals surface area contributed by atoms with Crippen molar-refractivity contribution in [3.8, 4) is 17.2 Å². The quantitative estimate of drug-likeness (QED) is 0.818. The summed E-state index contributed by atoms with van der Waals surface area (Å²) in [6, 6.07) is 13.8. The van der Waals surface area contributed by atoms with Crippen LogP contribution in [0, 0.1) is 0 Å². The molecule has 1 aliphatic rings. The number of benzene rings is 2. The van der Waals surface area contributed by atoms with E-state index in [4.69, 9.17) is 14.2 Å². The van der Waals surface area contributed by atoms with Gasteiger partial charge in [0, 0.05) is 12.1 Å². The monoisotopic (exact) mass is 329 g/mol. The fraction of sp³-hybridized carbons (Fsp3) is 0.368. The lowest BCUT2D eigenvalue weighted by atomic mass is 10.1. The minimum atomic E-state index is -0.283. The van der Waals surface area contributed by atoms with Crippen molar-refractivity contribution in [3.63, 3.8) is 0 Å². The number of aliphatic hydroxyl groups excluding tert-OH is 1. The fourth-order valence-corrected chi connectivity index (χ4v) is 2.30. The van der Waals surface area contributed by atoms with Crippen LogP contribution in [0.25, 0.3) is 0 Å². The molecule has 0 aromatic heterocycles. The average molecular weight is 329 g/mol. The first-order valence-corrected chi connectivity index (χ1v) is 8.02. The third-order valence-electron chi connectivity index (χ3n) is 3.93. The molecule has 128 valence electrons. The summed E-state index contributed by atoms with van der Waals surface area (Å²) in [5.74, 6) is 2.36. The molecule has 0 spiro atoms. The Hall–Kier alpha value is -2.24. The van der Waals surface area contributed by atoms with Crippen molar-refractivity contribution >= 4 is 0 Å². The number of rotatable bonds is 7. The summed E-state index contributed by atoms with van der Waals surface area (Å²) < 4.78 is 16.5. The van der Waals surface area contributed by atoms with Crippen LogP contribution in [-0.4, -0.2) is 24.0 Å². The van der Waals surface area contributed by atoms with E-state index in [1.807, 2.05) is 56.3 Å². The molecule has 2 N–H and O–H groups in total. The Balaban J connectivity index is 1.53. The summed E-state index contributed by atoms with van der Waals surface area (Å²) in [6.45, 7) is 5.50. The normalized spacial score (nSPS) is 13.1. The molecule has 2 aromatic carbocycles. The lowest BCUT2D eigenvalue weighted by molar-refractivity contribution is 0.174. The molecule has 1 heterocycles. The Morgan fingerprint density at radius 2 is 1.75 bits per heavy atom. The van der Waals surface area contributed by atoms with Gasteiger partial charge in [0.05, 0.1) is 6.61 Å². The van der Waals surface area contributed by atoms with Crippen LogP contribution in [0.1, 0.15) is 25.0 Å². The number of hydrogen-bond acceptors (Lipinski definition) is 5. The number of ether oxygens (including phenoxy) is 3. The van der Waals surface area contributed by atoms with Gasteiger partial charge in [-0.1, -0.05) is 18.2 Å². The highest BCUT2D eigenvalue weighted by Crippen LogP contribution is 2.32. The summed E-state index contributed by atoms with van der Waals surface area (Å²) in [7, 11) is 0. The third-order valence-corrected chi connectivity index (χ3v) is 3.93. The van der Waals surface area contributed by atoms with Gasteiger partial charge in [0.15, 0.2) is 11.5 Å². The zero-order valence-corrected chi connectivity index (χ0v) is 14.0. The van der Waals surface area contributed by atoms with Gasteiger partial charge in [-0.05, 0) is 49.2 Å². The first-order chi connectivity index (χ1) is 11.6. The van der Waals surface area contributed by atoms with Gasteiger partial charge in [-0.15, -0.1) is 0 Å². The Labute approximate surface area is 142 Å². The van der Waals surface area contributed by atoms with Gasteiger partial charge >= 0.3 is 0 Å². The summed E-state index contributed by atoms with van der Waals surface area (Å²) in [5, 5.41) is 12.6. The van der Waals surface area contributed by atoms with Crippen LogP contribution in [0.3, 0.4) is 0 Å². The van der Waals surface area contributed by atoms with Gasteiger partial charge < -0.3 is 24.6 Å². The highest BCUT2D eigenvalue weighted by Gasteiger charge is 2.15. The van der Waals surface area contributed by atoms with Crippen LogP contribution in [0.5, 0.6) is 17.2 Å². The largest absolute Gasteiger partial charge is 0.489 e. The van der Waals surface area contributed by atoms with Gasteiger partial charge in [0.1, 0.15) is 12.4 Å². The SMILES string of the molecule is CC(C)(CO)NCc1ccc(OCc2ccc3c(c2)OCO3)cc1. The van der Waals surface area contributed by atoms with Crippen molar-refractivity contribution in [3.05, 3.63) is 53.6 Å². The molecule has 0 saturated carbocycles. The third kappa shape index (κ3) is 4.19. The van der Waals surface area contributed by atoms with Crippen molar-refractivity contribution in [1.29, 1.82) is 0 Å². The van der Waals surface area contributed by atoms with Crippen molar-refractivity contribution in [2.75, 3.05) is 13.4 Å². The molecular formula is C19H23NO4. The maximum Gasteiger partial charge on any atom is 0.231 e. The predicted octanol–water partition coefficient (Wildman–Crippen LogP) is 2.85. The van der Waals surface area contributed by atoms with E-state index in [2.05, 4.69) is 5.32 Å². The second-order valence-electron chi connectivity index (χ2n) is 6.52. The maximum absolute atomic E-state index is 9.25. The molecule has 0 aliphatic carbocycles.